The molecule has 0 radical (unpaired) electrons. The lowest BCUT2D eigenvalue weighted by molar-refractivity contribution is -0.165. The zero-order valence-corrected chi connectivity index (χ0v) is 17.6. The van der Waals surface area contributed by atoms with Gasteiger partial charge in [-0.2, -0.15) is 0 Å². The minimum absolute atomic E-state index is 0.0276. The third-order valence-electron chi connectivity index (χ3n) is 6.14. The van der Waals surface area contributed by atoms with Crippen molar-refractivity contribution in [1.29, 1.82) is 0 Å². The van der Waals surface area contributed by atoms with Crippen LogP contribution in [0.25, 0.3) is 0 Å². The number of ketones is 1. The van der Waals surface area contributed by atoms with E-state index in [0.717, 1.165) is 18.1 Å². The van der Waals surface area contributed by atoms with Gasteiger partial charge in [0.05, 0.1) is 12.5 Å². The molecule has 4 atom stereocenters. The maximum atomic E-state index is 12.6. The van der Waals surface area contributed by atoms with Gasteiger partial charge < -0.3 is 9.16 Å². The quantitative estimate of drug-likeness (QED) is 0.476. The minimum atomic E-state index is -1.73. The highest BCUT2D eigenvalue weighted by atomic mass is 28.4. The van der Waals surface area contributed by atoms with Crippen molar-refractivity contribution >= 4 is 20.1 Å². The number of Topliss-reactive ketones (excluding diaryl/α,β-unsaturated/α-hetero) is 1. The molecular weight excluding hydrogens is 320 g/mol. The van der Waals surface area contributed by atoms with Gasteiger partial charge in [-0.25, -0.2) is 0 Å². The van der Waals surface area contributed by atoms with Gasteiger partial charge in [-0.1, -0.05) is 41.5 Å². The second-order valence-corrected chi connectivity index (χ2v) is 12.5. The van der Waals surface area contributed by atoms with Crippen LogP contribution in [-0.2, 0) is 18.8 Å². The topological polar surface area (TPSA) is 52.6 Å². The summed E-state index contributed by atoms with van der Waals surface area (Å²) in [6.45, 7) is 15.3. The molecule has 24 heavy (non-hydrogen) atoms. The van der Waals surface area contributed by atoms with E-state index in [9.17, 15) is 9.59 Å². The van der Waals surface area contributed by atoms with Crippen molar-refractivity contribution in [2.45, 2.75) is 73.0 Å². The Morgan fingerprint density at radius 2 is 1.71 bits per heavy atom. The molecule has 0 aliphatic heterocycles. The Labute approximate surface area is 148 Å². The van der Waals surface area contributed by atoms with Gasteiger partial charge in [-0.3, -0.25) is 9.59 Å². The SMILES string of the molecule is CCOC(=O)[C@@H]1[C@H](C)C(=O)[C@H](C)C[C@@]1(C)CO[Si](CC)(CC)CC. The number of carbonyl (C=O) groups is 2. The Balaban J connectivity index is 3.07. The number of hydrogen-bond donors (Lipinski definition) is 0. The van der Waals surface area contributed by atoms with Crippen molar-refractivity contribution in [3.63, 3.8) is 0 Å². The number of hydrogen-bond acceptors (Lipinski definition) is 4. The minimum Gasteiger partial charge on any atom is -0.466 e. The summed E-state index contributed by atoms with van der Waals surface area (Å²) in [5.41, 5.74) is -0.337. The van der Waals surface area contributed by atoms with E-state index in [1.165, 1.54) is 0 Å². The highest BCUT2D eigenvalue weighted by Gasteiger charge is 2.52. The van der Waals surface area contributed by atoms with Crippen LogP contribution in [0.4, 0.5) is 0 Å². The van der Waals surface area contributed by atoms with Crippen LogP contribution in [0.5, 0.6) is 0 Å². The summed E-state index contributed by atoms with van der Waals surface area (Å²) < 4.78 is 11.8. The van der Waals surface area contributed by atoms with E-state index in [2.05, 4.69) is 27.7 Å². The van der Waals surface area contributed by atoms with Gasteiger partial charge in [0.25, 0.3) is 0 Å². The van der Waals surface area contributed by atoms with Crippen molar-refractivity contribution in [1.82, 2.24) is 0 Å². The molecule has 1 aliphatic carbocycles. The Bertz CT molecular complexity index is 438. The first-order chi connectivity index (χ1) is 11.2. The van der Waals surface area contributed by atoms with Crippen LogP contribution >= 0.6 is 0 Å². The molecule has 0 saturated heterocycles. The predicted octanol–water partition coefficient (Wildman–Crippen LogP) is 4.44. The molecule has 4 nitrogen and oxygen atoms in total. The normalized spacial score (nSPS) is 31.1. The molecule has 0 aromatic rings. The fraction of sp³-hybridized carbons (Fsp3) is 0.895. The number of ether oxygens (including phenoxy) is 1. The summed E-state index contributed by atoms with van der Waals surface area (Å²) in [5.74, 6) is -0.801. The molecule has 1 aliphatic rings. The Hall–Kier alpha value is -0.683. The van der Waals surface area contributed by atoms with Crippen LogP contribution in [0, 0.1) is 23.2 Å². The standard InChI is InChI=1S/C19H36O4Si/c1-8-22-18(21)16-15(6)17(20)14(5)12-19(16,7)13-23-24(9-2,10-3)11-4/h14-16H,8-13H2,1-7H3/t14-,15+,16+,19+/m1/s1. The molecule has 1 saturated carbocycles. The molecule has 0 aromatic carbocycles. The molecule has 1 rings (SSSR count). The van der Waals surface area contributed by atoms with E-state index < -0.39 is 14.2 Å². The molecule has 0 unspecified atom stereocenters. The van der Waals surface area contributed by atoms with Gasteiger partial charge in [0.2, 0.25) is 0 Å². The smallest absolute Gasteiger partial charge is 0.310 e. The predicted molar refractivity (Wildman–Crippen MR) is 99.3 cm³/mol. The number of rotatable bonds is 8. The zero-order chi connectivity index (χ0) is 18.5. The van der Waals surface area contributed by atoms with E-state index in [4.69, 9.17) is 9.16 Å². The van der Waals surface area contributed by atoms with Gasteiger partial charge in [0.15, 0.2) is 8.32 Å². The zero-order valence-electron chi connectivity index (χ0n) is 16.6. The maximum Gasteiger partial charge on any atom is 0.310 e. The first-order valence-electron chi connectivity index (χ1n) is 9.54. The van der Waals surface area contributed by atoms with Crippen LogP contribution in [-0.4, -0.2) is 33.3 Å². The van der Waals surface area contributed by atoms with Crippen LogP contribution < -0.4 is 0 Å². The average Bonchev–Trinajstić information content (AvgIpc) is 2.55. The van der Waals surface area contributed by atoms with E-state index >= 15 is 0 Å². The summed E-state index contributed by atoms with van der Waals surface area (Å²) in [6.07, 6.45) is 0.696. The molecule has 0 bridgehead atoms. The largest absolute Gasteiger partial charge is 0.466 e. The van der Waals surface area contributed by atoms with Gasteiger partial charge in [0.1, 0.15) is 5.78 Å². The Morgan fingerprint density at radius 1 is 1.17 bits per heavy atom. The fourth-order valence-electron chi connectivity index (χ4n) is 4.39. The lowest BCUT2D eigenvalue weighted by atomic mass is 9.60. The van der Waals surface area contributed by atoms with E-state index in [-0.39, 0.29) is 29.0 Å². The number of carbonyl (C=O) groups excluding carboxylic acids is 2. The first kappa shape index (κ1) is 21.4. The Kier molecular flexibility index (Phi) is 7.66. The highest BCUT2D eigenvalue weighted by Crippen LogP contribution is 2.46. The fourth-order valence-corrected chi connectivity index (χ4v) is 7.14. The van der Waals surface area contributed by atoms with Crippen molar-refractivity contribution in [3.8, 4) is 0 Å². The summed E-state index contributed by atoms with van der Waals surface area (Å²) in [7, 11) is -1.73. The van der Waals surface area contributed by atoms with E-state index in [1.807, 2.05) is 20.8 Å². The third kappa shape index (κ3) is 4.28. The molecule has 0 amide bonds. The van der Waals surface area contributed by atoms with Crippen LogP contribution in [0.2, 0.25) is 18.1 Å². The summed E-state index contributed by atoms with van der Waals surface area (Å²) >= 11 is 0. The van der Waals surface area contributed by atoms with Crippen molar-refractivity contribution in [2.24, 2.45) is 23.2 Å². The number of esters is 1. The second kappa shape index (κ2) is 8.61. The van der Waals surface area contributed by atoms with Crippen molar-refractivity contribution in [3.05, 3.63) is 0 Å². The van der Waals surface area contributed by atoms with Gasteiger partial charge in [-0.05, 0) is 31.5 Å². The molecule has 5 heteroatoms. The van der Waals surface area contributed by atoms with Gasteiger partial charge >= 0.3 is 5.97 Å². The van der Waals surface area contributed by atoms with E-state index in [0.29, 0.717) is 19.6 Å². The lowest BCUT2D eigenvalue weighted by Gasteiger charge is -2.46. The molecule has 140 valence electrons. The first-order valence-corrected chi connectivity index (χ1v) is 12.1. The van der Waals surface area contributed by atoms with Crippen molar-refractivity contribution in [2.75, 3.05) is 13.2 Å². The third-order valence-corrected chi connectivity index (χ3v) is 10.8. The van der Waals surface area contributed by atoms with E-state index in [1.54, 1.807) is 0 Å². The van der Waals surface area contributed by atoms with Crippen molar-refractivity contribution < 1.29 is 18.8 Å². The molecule has 0 spiro atoms. The van der Waals surface area contributed by atoms with Crippen LogP contribution in [0.3, 0.4) is 0 Å². The molecule has 1 fully saturated rings. The Morgan fingerprint density at radius 3 is 2.17 bits per heavy atom. The van der Waals surface area contributed by atoms with Gasteiger partial charge in [-0.15, -0.1) is 0 Å². The lowest BCUT2D eigenvalue weighted by Crippen LogP contribution is -2.52. The second-order valence-electron chi connectivity index (χ2n) is 7.71. The summed E-state index contributed by atoms with van der Waals surface area (Å²) in [4.78, 5) is 25.1. The highest BCUT2D eigenvalue weighted by molar-refractivity contribution is 6.73. The molecule has 0 N–H and O–H groups in total. The monoisotopic (exact) mass is 356 g/mol. The molecular formula is C19H36O4Si. The summed E-state index contributed by atoms with van der Waals surface area (Å²) in [5, 5.41) is 0. The maximum absolute atomic E-state index is 12.6. The summed E-state index contributed by atoms with van der Waals surface area (Å²) in [6, 6.07) is 3.26. The van der Waals surface area contributed by atoms with Crippen LogP contribution in [0.1, 0.15) is 54.9 Å². The molecule has 0 aromatic heterocycles. The van der Waals surface area contributed by atoms with Crippen LogP contribution in [0.15, 0.2) is 0 Å². The average molecular weight is 357 g/mol. The van der Waals surface area contributed by atoms with Gasteiger partial charge in [0, 0.05) is 23.9 Å². The molecule has 0 heterocycles.